The lowest BCUT2D eigenvalue weighted by atomic mass is 10.1. The molecule has 0 aromatic heterocycles. The molecule has 0 aliphatic carbocycles. The lowest BCUT2D eigenvalue weighted by molar-refractivity contribution is -0.147. The highest BCUT2D eigenvalue weighted by molar-refractivity contribution is 5.69. The van der Waals surface area contributed by atoms with Crippen molar-refractivity contribution < 1.29 is 14.3 Å². The highest BCUT2D eigenvalue weighted by Crippen LogP contribution is 2.09. The molecule has 0 saturated heterocycles. The van der Waals surface area contributed by atoms with Crippen molar-refractivity contribution in [3.05, 3.63) is 85.1 Å². The molecule has 0 fully saturated rings. The van der Waals surface area contributed by atoms with Gasteiger partial charge in [0.1, 0.15) is 6.61 Å². The predicted octanol–water partition coefficient (Wildman–Crippen LogP) is 18.5. The topological polar surface area (TPSA) is 35.5 Å². The van der Waals surface area contributed by atoms with E-state index in [0.717, 1.165) is 38.5 Å². The molecule has 0 aliphatic heterocycles. The summed E-state index contributed by atoms with van der Waals surface area (Å²) in [6.07, 6.45) is 64.3. The first kappa shape index (κ1) is 61.3. The van der Waals surface area contributed by atoms with Crippen molar-refractivity contribution in [1.82, 2.24) is 0 Å². The number of carbonyl (C=O) groups is 1. The van der Waals surface area contributed by atoms with E-state index in [1.54, 1.807) is 0 Å². The summed E-state index contributed by atoms with van der Waals surface area (Å²) < 4.78 is 10.5. The van der Waals surface area contributed by atoms with Crippen LogP contribution in [0.1, 0.15) is 236 Å². The second kappa shape index (κ2) is 62.8. The number of unbranched alkanes of at least 4 members (excludes halogenated alkanes) is 16. The Bertz CT molecular complexity index is 919. The van der Waals surface area contributed by atoms with Crippen molar-refractivity contribution in [2.45, 2.75) is 242 Å². The van der Waals surface area contributed by atoms with Crippen LogP contribution in [0.5, 0.6) is 0 Å². The second-order valence-electron chi connectivity index (χ2n) is 14.8. The molecule has 3 heteroatoms. The van der Waals surface area contributed by atoms with Crippen LogP contribution in [0, 0.1) is 0 Å². The number of carbonyl (C=O) groups excluding carboxylic acids is 1. The SMILES string of the molecule is C/C=C/C/C=C/CC.CC/C=C/CCCC.CCC/C=C\C/C=C/CCCCCCC.CCCCC/C=C/C/C=C/CCCCCCCC(=O)OC[C@H](C)OCC. The molecule has 0 rings (SSSR count). The molecule has 1 atom stereocenters. The molecule has 0 bridgehead atoms. The zero-order valence-electron chi connectivity index (χ0n) is 39.9. The maximum absolute atomic E-state index is 11.6. The maximum Gasteiger partial charge on any atom is 0.305 e. The molecule has 334 valence electrons. The van der Waals surface area contributed by atoms with E-state index in [-0.39, 0.29) is 12.1 Å². The van der Waals surface area contributed by atoms with Gasteiger partial charge in [-0.05, 0) is 111 Å². The number of hydrogen-bond donors (Lipinski definition) is 0. The van der Waals surface area contributed by atoms with Gasteiger partial charge in [-0.2, -0.15) is 0 Å². The fourth-order valence-electron chi connectivity index (χ4n) is 5.32. The Morgan fingerprint density at radius 2 is 0.842 bits per heavy atom. The summed E-state index contributed by atoms with van der Waals surface area (Å²) >= 11 is 0. The van der Waals surface area contributed by atoms with E-state index in [0.29, 0.717) is 19.6 Å². The summed E-state index contributed by atoms with van der Waals surface area (Å²) in [4.78, 5) is 11.6. The summed E-state index contributed by atoms with van der Waals surface area (Å²) in [6.45, 7) is 20.2. The lowest BCUT2D eigenvalue weighted by Gasteiger charge is -2.11. The molecule has 0 unspecified atom stereocenters. The van der Waals surface area contributed by atoms with Gasteiger partial charge in [0, 0.05) is 13.0 Å². The van der Waals surface area contributed by atoms with Crippen LogP contribution in [0.3, 0.4) is 0 Å². The van der Waals surface area contributed by atoms with Crippen molar-refractivity contribution >= 4 is 5.97 Å². The number of ether oxygens (including phenoxy) is 2. The van der Waals surface area contributed by atoms with Crippen LogP contribution in [0.15, 0.2) is 85.1 Å². The summed E-state index contributed by atoms with van der Waals surface area (Å²) in [5.74, 6) is -0.0952. The van der Waals surface area contributed by atoms with E-state index in [1.165, 1.54) is 128 Å². The summed E-state index contributed by atoms with van der Waals surface area (Å²) in [6, 6.07) is 0. The van der Waals surface area contributed by atoms with Crippen molar-refractivity contribution in [1.29, 1.82) is 0 Å². The minimum Gasteiger partial charge on any atom is -0.463 e. The van der Waals surface area contributed by atoms with Gasteiger partial charge in [0.25, 0.3) is 0 Å². The molecule has 0 aromatic carbocycles. The summed E-state index contributed by atoms with van der Waals surface area (Å²) in [7, 11) is 0. The second-order valence-corrected chi connectivity index (χ2v) is 14.8. The average molecular weight is 797 g/mol. The fourth-order valence-corrected chi connectivity index (χ4v) is 5.32. The third kappa shape index (κ3) is 71.8. The van der Waals surface area contributed by atoms with Crippen molar-refractivity contribution in [2.75, 3.05) is 13.2 Å². The number of hydrogen-bond acceptors (Lipinski definition) is 3. The quantitative estimate of drug-likeness (QED) is 0.0364. The zero-order valence-corrected chi connectivity index (χ0v) is 39.9. The molecule has 0 spiro atoms. The van der Waals surface area contributed by atoms with E-state index in [2.05, 4.69) is 127 Å². The molecule has 3 nitrogen and oxygen atoms in total. The van der Waals surface area contributed by atoms with Crippen LogP contribution in [-0.4, -0.2) is 25.3 Å². The van der Waals surface area contributed by atoms with Gasteiger partial charge in [0.05, 0.1) is 6.10 Å². The number of allylic oxidation sites excluding steroid dienone is 14. The lowest BCUT2D eigenvalue weighted by Crippen LogP contribution is -2.18. The molecule has 0 aromatic rings. The number of rotatable bonds is 35. The standard InChI is InChI=1S/C23H42O3.C15H28.C8H16.C8H14/c1-4-6-7-8-9-10-11-12-13-14-15-16-17-18-19-20-23(24)26-21-22(3)25-5-2;1-3-5-7-9-11-13-15-14-12-10-8-6-4-2;2*1-3-5-7-8-6-4-2/h9-10,12-13,22H,4-8,11,14-21H2,1-3H3;7,9,13,15H,3-6,8,10-12,14H2,1-2H3;5,7H,3-4,6,8H2,1-2H3;3,5-6,8H,4,7H2,1-2H3/b10-9+,13-12+;9-7-,15-13+;7-5+;5-3+,8-6+/t22-;;;/m0.../s1. The van der Waals surface area contributed by atoms with E-state index in [1.807, 2.05) is 20.8 Å². The highest BCUT2D eigenvalue weighted by atomic mass is 16.6. The first-order valence-corrected chi connectivity index (χ1v) is 24.2. The minimum atomic E-state index is -0.0952. The average Bonchev–Trinajstić information content (AvgIpc) is 3.22. The fraction of sp³-hybridized carbons (Fsp3) is 0.722. The van der Waals surface area contributed by atoms with E-state index >= 15 is 0 Å². The molecule has 0 radical (unpaired) electrons. The Labute approximate surface area is 359 Å². The third-order valence-corrected chi connectivity index (χ3v) is 8.83. The van der Waals surface area contributed by atoms with Crippen molar-refractivity contribution in [3.63, 3.8) is 0 Å². The van der Waals surface area contributed by atoms with Gasteiger partial charge < -0.3 is 9.47 Å². The van der Waals surface area contributed by atoms with E-state index in [9.17, 15) is 4.79 Å². The van der Waals surface area contributed by atoms with Crippen molar-refractivity contribution in [3.8, 4) is 0 Å². The molecular weight excluding hydrogens is 697 g/mol. The monoisotopic (exact) mass is 797 g/mol. The smallest absolute Gasteiger partial charge is 0.305 e. The molecule has 0 saturated carbocycles. The van der Waals surface area contributed by atoms with Gasteiger partial charge in [-0.25, -0.2) is 0 Å². The van der Waals surface area contributed by atoms with Gasteiger partial charge >= 0.3 is 5.97 Å². The van der Waals surface area contributed by atoms with Gasteiger partial charge in [-0.3, -0.25) is 4.79 Å². The minimum absolute atomic E-state index is 0.00597. The normalized spacial score (nSPS) is 12.2. The highest BCUT2D eigenvalue weighted by Gasteiger charge is 2.06. The molecule has 0 aliphatic rings. The Morgan fingerprint density at radius 3 is 1.35 bits per heavy atom. The van der Waals surface area contributed by atoms with Crippen molar-refractivity contribution in [2.24, 2.45) is 0 Å². The summed E-state index contributed by atoms with van der Waals surface area (Å²) in [5.41, 5.74) is 0. The van der Waals surface area contributed by atoms with Crippen LogP contribution in [-0.2, 0) is 14.3 Å². The third-order valence-electron chi connectivity index (χ3n) is 8.83. The van der Waals surface area contributed by atoms with E-state index in [4.69, 9.17) is 9.47 Å². The molecule has 0 N–H and O–H groups in total. The first-order valence-electron chi connectivity index (χ1n) is 24.2. The van der Waals surface area contributed by atoms with E-state index < -0.39 is 0 Å². The predicted molar refractivity (Wildman–Crippen MR) is 260 cm³/mol. The van der Waals surface area contributed by atoms with Gasteiger partial charge in [0.2, 0.25) is 0 Å². The van der Waals surface area contributed by atoms with Crippen LogP contribution in [0.2, 0.25) is 0 Å². The summed E-state index contributed by atoms with van der Waals surface area (Å²) in [5, 5.41) is 0. The maximum atomic E-state index is 11.6. The zero-order chi connectivity index (χ0) is 43.0. The van der Waals surface area contributed by atoms with Crippen LogP contribution < -0.4 is 0 Å². The largest absolute Gasteiger partial charge is 0.463 e. The van der Waals surface area contributed by atoms with Gasteiger partial charge in [0.15, 0.2) is 0 Å². The van der Waals surface area contributed by atoms with Crippen LogP contribution in [0.4, 0.5) is 0 Å². The molecule has 0 amide bonds. The van der Waals surface area contributed by atoms with Gasteiger partial charge in [-0.15, -0.1) is 0 Å². The molecular formula is C54H100O3. The number of esters is 1. The Morgan fingerprint density at radius 1 is 0.439 bits per heavy atom. The van der Waals surface area contributed by atoms with Gasteiger partial charge in [-0.1, -0.05) is 204 Å². The Kier molecular flexibility index (Phi) is 67.5. The Balaban J connectivity index is -0.000000378. The molecule has 0 heterocycles. The van der Waals surface area contributed by atoms with Crippen LogP contribution in [0.25, 0.3) is 0 Å². The first-order chi connectivity index (χ1) is 27.9. The Hall–Kier alpha value is -2.39. The molecule has 57 heavy (non-hydrogen) atoms. The van der Waals surface area contributed by atoms with Crippen LogP contribution >= 0.6 is 0 Å².